The van der Waals surface area contributed by atoms with Gasteiger partial charge in [0.2, 0.25) is 0 Å². The number of halogens is 2. The third-order valence-corrected chi connectivity index (χ3v) is 2.89. The van der Waals surface area contributed by atoms with E-state index in [0.717, 1.165) is 0 Å². The molecule has 0 spiro atoms. The number of rotatable bonds is 4. The zero-order valence-corrected chi connectivity index (χ0v) is 11.0. The van der Waals surface area contributed by atoms with Crippen LogP contribution < -0.4 is 4.74 Å². The molecule has 2 aromatic rings. The summed E-state index contributed by atoms with van der Waals surface area (Å²) < 4.78 is 19.0. The average Bonchev–Trinajstić information content (AvgIpc) is 2.47. The summed E-state index contributed by atoms with van der Waals surface area (Å²) in [6, 6.07) is 10.5. The molecule has 0 saturated carbocycles. The van der Waals surface area contributed by atoms with Crippen LogP contribution in [0.5, 0.6) is 5.75 Å². The first kappa shape index (κ1) is 14.0. The number of hydrogen-bond acceptors (Lipinski definition) is 3. The quantitative estimate of drug-likeness (QED) is 0.806. The number of benzene rings is 2. The van der Waals surface area contributed by atoms with Gasteiger partial charge in [0.05, 0.1) is 17.2 Å². The van der Waals surface area contributed by atoms with Crippen LogP contribution in [0.2, 0.25) is 5.02 Å². The van der Waals surface area contributed by atoms with Crippen LogP contribution >= 0.6 is 11.6 Å². The van der Waals surface area contributed by atoms with Crippen molar-refractivity contribution in [2.24, 2.45) is 0 Å². The van der Waals surface area contributed by atoms with Crippen molar-refractivity contribution in [3.63, 3.8) is 0 Å². The van der Waals surface area contributed by atoms with Gasteiger partial charge in [-0.3, -0.25) is 4.79 Å². The predicted molar refractivity (Wildman–Crippen MR) is 72.3 cm³/mol. The third-order valence-electron chi connectivity index (χ3n) is 2.66. The minimum atomic E-state index is -0.467. The molecule has 100 valence electrons. The molecule has 0 atom stereocenters. The van der Waals surface area contributed by atoms with Crippen LogP contribution in [0.4, 0.5) is 4.39 Å². The molecule has 0 heterocycles. The van der Waals surface area contributed by atoms with Crippen LogP contribution in [0, 0.1) is 17.1 Å². The van der Waals surface area contributed by atoms with Gasteiger partial charge in [0.15, 0.2) is 6.29 Å². The van der Waals surface area contributed by atoms with E-state index in [0.29, 0.717) is 22.6 Å². The lowest BCUT2D eigenvalue weighted by atomic mass is 10.1. The highest BCUT2D eigenvalue weighted by atomic mass is 35.5. The van der Waals surface area contributed by atoms with E-state index >= 15 is 0 Å². The van der Waals surface area contributed by atoms with Crippen LogP contribution in [-0.2, 0) is 6.61 Å². The van der Waals surface area contributed by atoms with Crippen molar-refractivity contribution in [2.45, 2.75) is 6.61 Å². The second-order valence-corrected chi connectivity index (χ2v) is 4.44. The van der Waals surface area contributed by atoms with E-state index in [1.807, 2.05) is 6.07 Å². The van der Waals surface area contributed by atoms with Gasteiger partial charge in [0, 0.05) is 10.6 Å². The summed E-state index contributed by atoms with van der Waals surface area (Å²) in [6.07, 6.45) is 0.614. The summed E-state index contributed by atoms with van der Waals surface area (Å²) in [5, 5.41) is 9.19. The maximum atomic E-state index is 13.6. The summed E-state index contributed by atoms with van der Waals surface area (Å²) >= 11 is 5.77. The second-order valence-electron chi connectivity index (χ2n) is 4.01. The van der Waals surface area contributed by atoms with Crippen LogP contribution in [0.1, 0.15) is 21.5 Å². The van der Waals surface area contributed by atoms with E-state index in [9.17, 15) is 9.18 Å². The summed E-state index contributed by atoms with van der Waals surface area (Å²) in [5.74, 6) is -0.156. The first-order chi connectivity index (χ1) is 9.63. The average molecular weight is 290 g/mol. The van der Waals surface area contributed by atoms with Crippen LogP contribution in [-0.4, -0.2) is 6.29 Å². The molecule has 0 N–H and O–H groups in total. The molecule has 20 heavy (non-hydrogen) atoms. The Labute approximate surface area is 120 Å². The Morgan fingerprint density at radius 3 is 2.80 bits per heavy atom. The highest BCUT2D eigenvalue weighted by Gasteiger charge is 2.08. The molecule has 0 radical (unpaired) electrons. The highest BCUT2D eigenvalue weighted by Crippen LogP contribution is 2.23. The van der Waals surface area contributed by atoms with E-state index in [4.69, 9.17) is 21.6 Å². The molecule has 2 aromatic carbocycles. The first-order valence-corrected chi connectivity index (χ1v) is 6.08. The number of aldehydes is 1. The van der Waals surface area contributed by atoms with Crippen molar-refractivity contribution in [3.8, 4) is 11.8 Å². The minimum absolute atomic E-state index is 0.0795. The Kier molecular flexibility index (Phi) is 4.34. The molecule has 0 bridgehead atoms. The number of ether oxygens (including phenoxy) is 1. The van der Waals surface area contributed by atoms with Gasteiger partial charge in [-0.15, -0.1) is 0 Å². The molecular weight excluding hydrogens is 281 g/mol. The Morgan fingerprint density at radius 2 is 2.10 bits per heavy atom. The molecule has 3 nitrogen and oxygen atoms in total. The van der Waals surface area contributed by atoms with Crippen LogP contribution in [0.25, 0.3) is 0 Å². The molecule has 5 heteroatoms. The van der Waals surface area contributed by atoms with Crippen LogP contribution in [0.15, 0.2) is 36.4 Å². The molecule has 0 fully saturated rings. The van der Waals surface area contributed by atoms with E-state index in [2.05, 4.69) is 0 Å². The van der Waals surface area contributed by atoms with Crippen molar-refractivity contribution >= 4 is 17.9 Å². The largest absolute Gasteiger partial charge is 0.488 e. The smallest absolute Gasteiger partial charge is 0.153 e. The maximum Gasteiger partial charge on any atom is 0.153 e. The lowest BCUT2D eigenvalue weighted by molar-refractivity contribution is 0.111. The van der Waals surface area contributed by atoms with E-state index in [1.54, 1.807) is 6.07 Å². The zero-order chi connectivity index (χ0) is 14.5. The SMILES string of the molecule is N#Cc1ccc(F)c(COc2ccc(Cl)cc2C=O)c1. The summed E-state index contributed by atoms with van der Waals surface area (Å²) in [6.45, 7) is -0.0795. The van der Waals surface area contributed by atoms with Gasteiger partial charge >= 0.3 is 0 Å². The predicted octanol–water partition coefficient (Wildman–Crippen LogP) is 3.74. The van der Waals surface area contributed by atoms with Gasteiger partial charge in [0.1, 0.15) is 18.2 Å². The minimum Gasteiger partial charge on any atom is -0.488 e. The maximum absolute atomic E-state index is 13.6. The summed E-state index contributed by atoms with van der Waals surface area (Å²) in [5.41, 5.74) is 0.877. The molecule has 0 amide bonds. The highest BCUT2D eigenvalue weighted by molar-refractivity contribution is 6.30. The Morgan fingerprint density at radius 1 is 1.30 bits per heavy atom. The molecule has 0 unspecified atom stereocenters. The first-order valence-electron chi connectivity index (χ1n) is 5.70. The van der Waals surface area contributed by atoms with Gasteiger partial charge in [0.25, 0.3) is 0 Å². The monoisotopic (exact) mass is 289 g/mol. The van der Waals surface area contributed by atoms with Gasteiger partial charge in [-0.2, -0.15) is 5.26 Å². The van der Waals surface area contributed by atoms with Crippen molar-refractivity contribution < 1.29 is 13.9 Å². The summed E-state index contributed by atoms with van der Waals surface area (Å²) in [4.78, 5) is 10.9. The van der Waals surface area contributed by atoms with Crippen molar-refractivity contribution in [3.05, 3.63) is 63.9 Å². The molecule has 0 aliphatic rings. The zero-order valence-electron chi connectivity index (χ0n) is 10.3. The van der Waals surface area contributed by atoms with Crippen molar-refractivity contribution in [1.29, 1.82) is 5.26 Å². The Hall–Kier alpha value is -2.38. The number of carbonyl (C=O) groups excluding carboxylic acids is 1. The lowest BCUT2D eigenvalue weighted by Crippen LogP contribution is -2.01. The molecule has 0 aromatic heterocycles. The number of nitriles is 1. The molecule has 0 saturated heterocycles. The number of hydrogen-bond donors (Lipinski definition) is 0. The number of carbonyl (C=O) groups is 1. The summed E-state index contributed by atoms with van der Waals surface area (Å²) in [7, 11) is 0. The molecule has 2 rings (SSSR count). The fourth-order valence-corrected chi connectivity index (χ4v) is 1.83. The number of nitrogens with zero attached hydrogens (tertiary/aromatic N) is 1. The Bertz CT molecular complexity index is 695. The van der Waals surface area contributed by atoms with Gasteiger partial charge < -0.3 is 4.74 Å². The fourth-order valence-electron chi connectivity index (χ4n) is 1.65. The molecule has 0 aliphatic heterocycles. The van der Waals surface area contributed by atoms with Crippen LogP contribution in [0.3, 0.4) is 0 Å². The fraction of sp³-hybridized carbons (Fsp3) is 0.0667. The topological polar surface area (TPSA) is 50.1 Å². The third kappa shape index (κ3) is 3.14. The normalized spacial score (nSPS) is 9.85. The van der Waals surface area contributed by atoms with Crippen molar-refractivity contribution in [1.82, 2.24) is 0 Å². The second kappa shape index (κ2) is 6.18. The standard InChI is InChI=1S/C15H9ClFNO2/c16-13-2-4-15(11(6-13)8-19)20-9-12-5-10(7-18)1-3-14(12)17/h1-6,8H,9H2. The van der Waals surface area contributed by atoms with Crippen molar-refractivity contribution in [2.75, 3.05) is 0 Å². The molecule has 0 aliphatic carbocycles. The van der Waals surface area contributed by atoms with E-state index in [-0.39, 0.29) is 17.7 Å². The van der Waals surface area contributed by atoms with Gasteiger partial charge in [-0.1, -0.05) is 11.6 Å². The molecular formula is C15H9ClFNO2. The van der Waals surface area contributed by atoms with Gasteiger partial charge in [-0.05, 0) is 36.4 Å². The Balaban J connectivity index is 2.21. The van der Waals surface area contributed by atoms with E-state index in [1.165, 1.54) is 30.3 Å². The lowest BCUT2D eigenvalue weighted by Gasteiger charge is -2.09. The van der Waals surface area contributed by atoms with Gasteiger partial charge in [-0.25, -0.2) is 4.39 Å². The van der Waals surface area contributed by atoms with E-state index < -0.39 is 5.82 Å².